The van der Waals surface area contributed by atoms with Gasteiger partial charge in [-0.25, -0.2) is 0 Å². The van der Waals surface area contributed by atoms with E-state index < -0.39 is 0 Å². The Morgan fingerprint density at radius 1 is 1.00 bits per heavy atom. The molecule has 0 spiro atoms. The molecular formula is C20H20N2O3. The van der Waals surface area contributed by atoms with Crippen LogP contribution in [0.5, 0.6) is 11.5 Å². The molecule has 1 heterocycles. The Hall–Kier alpha value is -3.08. The van der Waals surface area contributed by atoms with Crippen molar-refractivity contribution in [1.82, 2.24) is 10.3 Å². The smallest absolute Gasteiger partial charge is 0.224 e. The number of aromatic nitrogens is 1. The number of pyridine rings is 1. The van der Waals surface area contributed by atoms with Gasteiger partial charge in [0.15, 0.2) is 11.5 Å². The van der Waals surface area contributed by atoms with Gasteiger partial charge < -0.3 is 14.8 Å². The van der Waals surface area contributed by atoms with Crippen LogP contribution in [0.1, 0.15) is 11.1 Å². The molecule has 5 nitrogen and oxygen atoms in total. The van der Waals surface area contributed by atoms with Gasteiger partial charge in [0.25, 0.3) is 0 Å². The summed E-state index contributed by atoms with van der Waals surface area (Å²) in [5.41, 5.74) is 2.64. The standard InChI is InChI=1S/C20H20N2O3/c1-24-17-10-4-8-16(20(17)25-2)13-22-18(23)12-15-7-3-6-14-9-5-11-21-19(14)15/h3-11H,12-13H2,1-2H3,(H,22,23). The molecule has 0 atom stereocenters. The quantitative estimate of drug-likeness (QED) is 0.751. The molecule has 2 aromatic carbocycles. The minimum absolute atomic E-state index is 0.0666. The fourth-order valence-electron chi connectivity index (χ4n) is 2.83. The van der Waals surface area contributed by atoms with E-state index >= 15 is 0 Å². The van der Waals surface area contributed by atoms with E-state index in [1.54, 1.807) is 20.4 Å². The van der Waals surface area contributed by atoms with Crippen molar-refractivity contribution in [1.29, 1.82) is 0 Å². The highest BCUT2D eigenvalue weighted by atomic mass is 16.5. The van der Waals surface area contributed by atoms with Crippen molar-refractivity contribution in [3.05, 3.63) is 65.9 Å². The molecule has 0 saturated heterocycles. The summed E-state index contributed by atoms with van der Waals surface area (Å²) >= 11 is 0. The number of benzene rings is 2. The van der Waals surface area contributed by atoms with Crippen LogP contribution in [0, 0.1) is 0 Å². The number of amides is 1. The number of hydrogen-bond acceptors (Lipinski definition) is 4. The van der Waals surface area contributed by atoms with Crippen molar-refractivity contribution in [3.63, 3.8) is 0 Å². The minimum atomic E-state index is -0.0666. The summed E-state index contributed by atoms with van der Waals surface area (Å²) < 4.78 is 10.7. The molecule has 0 saturated carbocycles. The Morgan fingerprint density at radius 3 is 2.56 bits per heavy atom. The molecule has 1 aromatic heterocycles. The van der Waals surface area contributed by atoms with Crippen LogP contribution in [0.2, 0.25) is 0 Å². The fourth-order valence-corrected chi connectivity index (χ4v) is 2.83. The third kappa shape index (κ3) is 3.71. The lowest BCUT2D eigenvalue weighted by molar-refractivity contribution is -0.120. The summed E-state index contributed by atoms with van der Waals surface area (Å²) in [6.07, 6.45) is 2.02. The second-order valence-electron chi connectivity index (χ2n) is 5.60. The first kappa shape index (κ1) is 16.8. The van der Waals surface area contributed by atoms with E-state index in [-0.39, 0.29) is 12.3 Å². The van der Waals surface area contributed by atoms with E-state index in [4.69, 9.17) is 9.47 Å². The van der Waals surface area contributed by atoms with Crippen molar-refractivity contribution in [2.45, 2.75) is 13.0 Å². The van der Waals surface area contributed by atoms with Crippen LogP contribution in [0.15, 0.2) is 54.7 Å². The Labute approximate surface area is 146 Å². The summed E-state index contributed by atoms with van der Waals surface area (Å²) in [6.45, 7) is 0.372. The predicted molar refractivity (Wildman–Crippen MR) is 96.8 cm³/mol. The zero-order valence-corrected chi connectivity index (χ0v) is 14.3. The molecule has 0 bridgehead atoms. The molecule has 0 unspecified atom stereocenters. The number of carbonyl (C=O) groups is 1. The summed E-state index contributed by atoms with van der Waals surface area (Å²) in [4.78, 5) is 16.8. The lowest BCUT2D eigenvalue weighted by Gasteiger charge is -2.13. The number of nitrogens with one attached hydrogen (secondary N) is 1. The van der Waals surface area contributed by atoms with Gasteiger partial charge in [-0.1, -0.05) is 36.4 Å². The molecular weight excluding hydrogens is 316 g/mol. The highest BCUT2D eigenvalue weighted by molar-refractivity contribution is 5.87. The zero-order chi connectivity index (χ0) is 17.6. The lowest BCUT2D eigenvalue weighted by atomic mass is 10.1. The molecule has 1 amide bonds. The van der Waals surface area contributed by atoms with Gasteiger partial charge in [0.2, 0.25) is 5.91 Å². The number of hydrogen-bond donors (Lipinski definition) is 1. The topological polar surface area (TPSA) is 60.5 Å². The van der Waals surface area contributed by atoms with Gasteiger partial charge in [-0.3, -0.25) is 9.78 Å². The maximum absolute atomic E-state index is 12.4. The van der Waals surface area contributed by atoms with Crippen molar-refractivity contribution < 1.29 is 14.3 Å². The number of rotatable bonds is 6. The maximum atomic E-state index is 12.4. The Kier molecular flexibility index (Phi) is 5.14. The zero-order valence-electron chi connectivity index (χ0n) is 14.3. The van der Waals surface area contributed by atoms with E-state index in [1.807, 2.05) is 48.5 Å². The van der Waals surface area contributed by atoms with Crippen LogP contribution in [-0.4, -0.2) is 25.1 Å². The SMILES string of the molecule is COc1cccc(CNC(=O)Cc2cccc3cccnc23)c1OC. The van der Waals surface area contributed by atoms with Crippen LogP contribution in [0.4, 0.5) is 0 Å². The molecule has 0 aliphatic rings. The minimum Gasteiger partial charge on any atom is -0.493 e. The lowest BCUT2D eigenvalue weighted by Crippen LogP contribution is -2.25. The molecule has 25 heavy (non-hydrogen) atoms. The molecule has 3 aromatic rings. The van der Waals surface area contributed by atoms with Gasteiger partial charge in [0.1, 0.15) is 0 Å². The van der Waals surface area contributed by atoms with Gasteiger partial charge in [0.05, 0.1) is 26.2 Å². The first-order valence-corrected chi connectivity index (χ1v) is 8.02. The third-order valence-corrected chi connectivity index (χ3v) is 4.03. The molecule has 0 fully saturated rings. The monoisotopic (exact) mass is 336 g/mol. The Morgan fingerprint density at radius 2 is 1.76 bits per heavy atom. The van der Waals surface area contributed by atoms with Gasteiger partial charge in [-0.2, -0.15) is 0 Å². The van der Waals surface area contributed by atoms with E-state index in [0.717, 1.165) is 22.0 Å². The number of nitrogens with zero attached hydrogens (tertiary/aromatic N) is 1. The molecule has 128 valence electrons. The van der Waals surface area contributed by atoms with E-state index in [0.29, 0.717) is 18.0 Å². The normalized spacial score (nSPS) is 10.5. The predicted octanol–water partition coefficient (Wildman–Crippen LogP) is 3.11. The summed E-state index contributed by atoms with van der Waals surface area (Å²) in [6, 6.07) is 15.3. The van der Waals surface area contributed by atoms with Crippen LogP contribution in [-0.2, 0) is 17.8 Å². The molecule has 0 aliphatic carbocycles. The second-order valence-corrected chi connectivity index (χ2v) is 5.60. The number of ether oxygens (including phenoxy) is 2. The van der Waals surface area contributed by atoms with Crippen molar-refractivity contribution in [2.24, 2.45) is 0 Å². The highest BCUT2D eigenvalue weighted by Crippen LogP contribution is 2.30. The second kappa shape index (κ2) is 7.66. The van der Waals surface area contributed by atoms with Crippen LogP contribution in [0.25, 0.3) is 10.9 Å². The first-order chi connectivity index (χ1) is 12.2. The summed E-state index contributed by atoms with van der Waals surface area (Å²) in [7, 11) is 3.18. The van der Waals surface area contributed by atoms with Crippen LogP contribution >= 0.6 is 0 Å². The van der Waals surface area contributed by atoms with Gasteiger partial charge >= 0.3 is 0 Å². The van der Waals surface area contributed by atoms with Crippen molar-refractivity contribution in [2.75, 3.05) is 14.2 Å². The maximum Gasteiger partial charge on any atom is 0.224 e. The first-order valence-electron chi connectivity index (χ1n) is 8.02. The molecule has 3 rings (SSSR count). The number of fused-ring (bicyclic) bond motifs is 1. The van der Waals surface area contributed by atoms with E-state index in [2.05, 4.69) is 10.3 Å². The number of para-hydroxylation sites is 2. The number of carbonyl (C=O) groups excluding carboxylic acids is 1. The molecule has 5 heteroatoms. The summed E-state index contributed by atoms with van der Waals surface area (Å²) in [5.74, 6) is 1.22. The van der Waals surface area contributed by atoms with E-state index in [1.165, 1.54) is 0 Å². The van der Waals surface area contributed by atoms with Crippen LogP contribution in [0.3, 0.4) is 0 Å². The average Bonchev–Trinajstić information content (AvgIpc) is 2.66. The Bertz CT molecular complexity index is 888. The van der Waals surface area contributed by atoms with Gasteiger partial charge in [-0.05, 0) is 17.7 Å². The highest BCUT2D eigenvalue weighted by Gasteiger charge is 2.12. The molecule has 1 N–H and O–H groups in total. The van der Waals surface area contributed by atoms with Crippen molar-refractivity contribution >= 4 is 16.8 Å². The van der Waals surface area contributed by atoms with Gasteiger partial charge in [-0.15, -0.1) is 0 Å². The number of methoxy groups -OCH3 is 2. The van der Waals surface area contributed by atoms with Crippen molar-refractivity contribution in [3.8, 4) is 11.5 Å². The van der Waals surface area contributed by atoms with Gasteiger partial charge in [0, 0.05) is 23.7 Å². The van der Waals surface area contributed by atoms with E-state index in [9.17, 15) is 4.79 Å². The fraction of sp³-hybridized carbons (Fsp3) is 0.200. The summed E-state index contributed by atoms with van der Waals surface area (Å²) in [5, 5.41) is 3.97. The van der Waals surface area contributed by atoms with Crippen LogP contribution < -0.4 is 14.8 Å². The Balaban J connectivity index is 1.71. The molecule has 0 radical (unpaired) electrons. The average molecular weight is 336 g/mol. The third-order valence-electron chi connectivity index (χ3n) is 4.03. The largest absolute Gasteiger partial charge is 0.493 e. The molecule has 0 aliphatic heterocycles.